The summed E-state index contributed by atoms with van der Waals surface area (Å²) in [6, 6.07) is 12.8. The average molecular weight is 344 g/mol. The van der Waals surface area contributed by atoms with E-state index in [-0.39, 0.29) is 0 Å². The molecule has 0 radical (unpaired) electrons. The maximum absolute atomic E-state index is 4.75. The van der Waals surface area contributed by atoms with Gasteiger partial charge in [0, 0.05) is 49.4 Å². The number of benzene rings is 1. The third-order valence-corrected chi connectivity index (χ3v) is 5.07. The second-order valence-electron chi connectivity index (χ2n) is 7.09. The molecular formula is C22H24N4. The van der Waals surface area contributed by atoms with Gasteiger partial charge in [0.1, 0.15) is 0 Å². The first-order valence-corrected chi connectivity index (χ1v) is 9.29. The summed E-state index contributed by atoms with van der Waals surface area (Å²) in [5.41, 5.74) is 5.91. The molecule has 132 valence electrons. The molecule has 3 heterocycles. The van der Waals surface area contributed by atoms with Crippen molar-refractivity contribution in [3.05, 3.63) is 78.0 Å². The number of piperidine rings is 1. The maximum atomic E-state index is 4.75. The minimum Gasteiger partial charge on any atom is -0.298 e. The lowest BCUT2D eigenvalue weighted by atomic mass is 9.91. The van der Waals surface area contributed by atoms with Crippen LogP contribution in [-0.2, 0) is 6.54 Å². The van der Waals surface area contributed by atoms with Crippen LogP contribution in [0.3, 0.4) is 0 Å². The highest BCUT2D eigenvalue weighted by atomic mass is 15.1. The third-order valence-electron chi connectivity index (χ3n) is 5.07. The van der Waals surface area contributed by atoms with Crippen LogP contribution in [0.15, 0.2) is 61.2 Å². The zero-order valence-electron chi connectivity index (χ0n) is 15.2. The summed E-state index contributed by atoms with van der Waals surface area (Å²) >= 11 is 0. The van der Waals surface area contributed by atoms with Gasteiger partial charge in [-0.1, -0.05) is 23.8 Å². The molecule has 0 bridgehead atoms. The molecule has 4 rings (SSSR count). The highest BCUT2D eigenvalue weighted by Gasteiger charge is 2.25. The molecule has 1 saturated heterocycles. The van der Waals surface area contributed by atoms with Gasteiger partial charge in [-0.3, -0.25) is 19.9 Å². The standard InChI is InChI=1S/C22H24N4/c1-17-4-2-5-19(14-17)21-22(25-12-11-24-21)20-6-3-13-26(16-20)15-18-7-9-23-10-8-18/h2,4-5,7-12,14,20H,3,6,13,15-16H2,1H3/t20-/m0/s1. The van der Waals surface area contributed by atoms with E-state index in [4.69, 9.17) is 4.98 Å². The van der Waals surface area contributed by atoms with Crippen molar-refractivity contribution >= 4 is 0 Å². The van der Waals surface area contributed by atoms with Gasteiger partial charge in [-0.05, 0) is 50.1 Å². The summed E-state index contributed by atoms with van der Waals surface area (Å²) in [5.74, 6) is 0.426. The van der Waals surface area contributed by atoms with E-state index in [2.05, 4.69) is 58.2 Å². The van der Waals surface area contributed by atoms with E-state index >= 15 is 0 Å². The van der Waals surface area contributed by atoms with Crippen LogP contribution in [0.5, 0.6) is 0 Å². The zero-order chi connectivity index (χ0) is 17.8. The Kier molecular flexibility index (Phi) is 5.02. The smallest absolute Gasteiger partial charge is 0.0920 e. The molecule has 1 aliphatic heterocycles. The first-order chi connectivity index (χ1) is 12.8. The Morgan fingerprint density at radius 1 is 1.04 bits per heavy atom. The molecule has 0 aliphatic carbocycles. The van der Waals surface area contributed by atoms with Crippen molar-refractivity contribution in [1.82, 2.24) is 19.9 Å². The first kappa shape index (κ1) is 16.9. The molecule has 26 heavy (non-hydrogen) atoms. The molecule has 2 aromatic heterocycles. The van der Waals surface area contributed by atoms with Crippen molar-refractivity contribution < 1.29 is 0 Å². The fraction of sp³-hybridized carbons (Fsp3) is 0.318. The second-order valence-corrected chi connectivity index (χ2v) is 7.09. The predicted octanol–water partition coefficient (Wildman–Crippen LogP) is 4.23. The summed E-state index contributed by atoms with van der Waals surface area (Å²) in [5, 5.41) is 0. The minimum absolute atomic E-state index is 0.426. The van der Waals surface area contributed by atoms with Gasteiger partial charge in [0.2, 0.25) is 0 Å². The molecule has 4 heteroatoms. The number of hydrogen-bond donors (Lipinski definition) is 0. The number of hydrogen-bond acceptors (Lipinski definition) is 4. The van der Waals surface area contributed by atoms with E-state index in [1.807, 2.05) is 18.6 Å². The van der Waals surface area contributed by atoms with Gasteiger partial charge >= 0.3 is 0 Å². The fourth-order valence-electron chi connectivity index (χ4n) is 3.83. The van der Waals surface area contributed by atoms with Gasteiger partial charge in [-0.2, -0.15) is 0 Å². The largest absolute Gasteiger partial charge is 0.298 e. The molecular weight excluding hydrogens is 320 g/mol. The van der Waals surface area contributed by atoms with Gasteiger partial charge in [-0.15, -0.1) is 0 Å². The van der Waals surface area contributed by atoms with E-state index in [9.17, 15) is 0 Å². The molecule has 0 spiro atoms. The van der Waals surface area contributed by atoms with Crippen molar-refractivity contribution in [1.29, 1.82) is 0 Å². The van der Waals surface area contributed by atoms with E-state index in [1.165, 1.54) is 29.5 Å². The summed E-state index contributed by atoms with van der Waals surface area (Å²) in [6.07, 6.45) is 9.74. The first-order valence-electron chi connectivity index (χ1n) is 9.29. The maximum Gasteiger partial charge on any atom is 0.0920 e. The summed E-state index contributed by atoms with van der Waals surface area (Å²) in [6.45, 7) is 5.26. The Morgan fingerprint density at radius 3 is 2.73 bits per heavy atom. The fourth-order valence-corrected chi connectivity index (χ4v) is 3.83. The van der Waals surface area contributed by atoms with Crippen molar-refractivity contribution in [2.24, 2.45) is 0 Å². The van der Waals surface area contributed by atoms with Gasteiger partial charge < -0.3 is 0 Å². The van der Waals surface area contributed by atoms with Crippen LogP contribution in [0.25, 0.3) is 11.3 Å². The van der Waals surface area contributed by atoms with E-state index in [0.29, 0.717) is 5.92 Å². The van der Waals surface area contributed by atoms with Gasteiger partial charge in [-0.25, -0.2) is 0 Å². The van der Waals surface area contributed by atoms with Crippen LogP contribution in [-0.4, -0.2) is 32.9 Å². The molecule has 1 aromatic carbocycles. The Labute approximate surface area is 155 Å². The van der Waals surface area contributed by atoms with Crippen LogP contribution in [0, 0.1) is 6.92 Å². The number of nitrogens with zero attached hydrogens (tertiary/aromatic N) is 4. The van der Waals surface area contributed by atoms with Gasteiger partial charge in [0.25, 0.3) is 0 Å². The molecule has 3 aromatic rings. The average Bonchev–Trinajstić information content (AvgIpc) is 2.69. The number of pyridine rings is 1. The van der Waals surface area contributed by atoms with Gasteiger partial charge in [0.05, 0.1) is 11.4 Å². The zero-order valence-corrected chi connectivity index (χ0v) is 15.2. The molecule has 0 amide bonds. The monoisotopic (exact) mass is 344 g/mol. The Hall–Kier alpha value is -2.59. The van der Waals surface area contributed by atoms with Gasteiger partial charge in [0.15, 0.2) is 0 Å². The van der Waals surface area contributed by atoms with Crippen molar-refractivity contribution in [2.75, 3.05) is 13.1 Å². The van der Waals surface area contributed by atoms with Crippen LogP contribution in [0.2, 0.25) is 0 Å². The van der Waals surface area contributed by atoms with Crippen LogP contribution in [0.1, 0.15) is 35.6 Å². The third kappa shape index (κ3) is 3.81. The number of aryl methyl sites for hydroxylation is 1. The van der Waals surface area contributed by atoms with Crippen molar-refractivity contribution in [2.45, 2.75) is 32.2 Å². The van der Waals surface area contributed by atoms with E-state index in [1.54, 1.807) is 6.20 Å². The molecule has 1 fully saturated rings. The molecule has 4 nitrogen and oxygen atoms in total. The van der Waals surface area contributed by atoms with Crippen LogP contribution < -0.4 is 0 Å². The van der Waals surface area contributed by atoms with E-state index < -0.39 is 0 Å². The predicted molar refractivity (Wildman–Crippen MR) is 104 cm³/mol. The Bertz CT molecular complexity index is 863. The number of rotatable bonds is 4. The van der Waals surface area contributed by atoms with Crippen molar-refractivity contribution in [3.8, 4) is 11.3 Å². The lowest BCUT2D eigenvalue weighted by molar-refractivity contribution is 0.198. The van der Waals surface area contributed by atoms with Crippen LogP contribution in [0.4, 0.5) is 0 Å². The highest BCUT2D eigenvalue weighted by molar-refractivity contribution is 5.63. The second kappa shape index (κ2) is 7.75. The Morgan fingerprint density at radius 2 is 1.88 bits per heavy atom. The lowest BCUT2D eigenvalue weighted by Crippen LogP contribution is -2.34. The SMILES string of the molecule is Cc1cccc(-c2nccnc2[C@H]2CCCN(Cc3ccncc3)C2)c1. The molecule has 0 saturated carbocycles. The summed E-state index contributed by atoms with van der Waals surface area (Å²) in [7, 11) is 0. The molecule has 0 unspecified atom stereocenters. The quantitative estimate of drug-likeness (QED) is 0.710. The normalized spacial score (nSPS) is 18.0. The highest BCUT2D eigenvalue weighted by Crippen LogP contribution is 2.32. The molecule has 1 atom stereocenters. The minimum atomic E-state index is 0.426. The Balaban J connectivity index is 1.57. The lowest BCUT2D eigenvalue weighted by Gasteiger charge is -2.33. The van der Waals surface area contributed by atoms with Crippen LogP contribution >= 0.6 is 0 Å². The summed E-state index contributed by atoms with van der Waals surface area (Å²) in [4.78, 5) is 16.1. The number of likely N-dealkylation sites (tertiary alicyclic amines) is 1. The topological polar surface area (TPSA) is 41.9 Å². The van der Waals surface area contributed by atoms with Crippen molar-refractivity contribution in [3.63, 3.8) is 0 Å². The molecule has 0 N–H and O–H groups in total. The number of aromatic nitrogens is 3. The summed E-state index contributed by atoms with van der Waals surface area (Å²) < 4.78 is 0. The molecule has 1 aliphatic rings. The van der Waals surface area contributed by atoms with E-state index in [0.717, 1.165) is 31.0 Å².